The van der Waals surface area contributed by atoms with Crippen LogP contribution in [0.1, 0.15) is 33.6 Å². The van der Waals surface area contributed by atoms with E-state index in [1.807, 2.05) is 0 Å². The van der Waals surface area contributed by atoms with E-state index in [-0.39, 0.29) is 23.5 Å². The molecule has 0 saturated carbocycles. The average Bonchev–Trinajstić information content (AvgIpc) is 2.64. The number of likely N-dealkylation sites (tertiary alicyclic amines) is 1. The summed E-state index contributed by atoms with van der Waals surface area (Å²) in [7, 11) is 0. The molecular formula is C19H25F2N3O4. The topological polar surface area (TPSA) is 87.7 Å². The second-order valence-electron chi connectivity index (χ2n) is 7.15. The van der Waals surface area contributed by atoms with Crippen molar-refractivity contribution in [1.82, 2.24) is 10.2 Å². The van der Waals surface area contributed by atoms with Crippen molar-refractivity contribution in [3.05, 3.63) is 29.8 Å². The lowest BCUT2D eigenvalue weighted by Gasteiger charge is -2.36. The van der Waals surface area contributed by atoms with Gasteiger partial charge in [-0.15, -0.1) is 0 Å². The Morgan fingerprint density at radius 2 is 1.82 bits per heavy atom. The van der Waals surface area contributed by atoms with Gasteiger partial charge in [0.15, 0.2) is 11.6 Å². The van der Waals surface area contributed by atoms with Crippen LogP contribution in [0.15, 0.2) is 18.2 Å². The molecule has 154 valence electrons. The smallest absolute Gasteiger partial charge is 0.320 e. The third-order valence-electron chi connectivity index (χ3n) is 4.54. The number of carbonyl (C=O) groups is 3. The lowest BCUT2D eigenvalue weighted by atomic mass is 9.94. The number of halogens is 2. The van der Waals surface area contributed by atoms with Gasteiger partial charge >= 0.3 is 12.0 Å². The number of rotatable bonds is 5. The summed E-state index contributed by atoms with van der Waals surface area (Å²) in [4.78, 5) is 38.3. The van der Waals surface area contributed by atoms with Crippen LogP contribution < -0.4 is 10.6 Å². The van der Waals surface area contributed by atoms with Gasteiger partial charge in [-0.1, -0.05) is 0 Å². The van der Waals surface area contributed by atoms with Crippen molar-refractivity contribution >= 4 is 23.6 Å². The van der Waals surface area contributed by atoms with Gasteiger partial charge in [0.1, 0.15) is 5.54 Å². The van der Waals surface area contributed by atoms with Gasteiger partial charge in [-0.25, -0.2) is 13.6 Å². The molecule has 3 amide bonds. The third-order valence-corrected chi connectivity index (χ3v) is 4.54. The summed E-state index contributed by atoms with van der Waals surface area (Å²) in [5.41, 5.74) is -1.16. The van der Waals surface area contributed by atoms with E-state index in [2.05, 4.69) is 10.6 Å². The Labute approximate surface area is 162 Å². The van der Waals surface area contributed by atoms with Crippen molar-refractivity contribution in [1.29, 1.82) is 0 Å². The third kappa shape index (κ3) is 5.40. The van der Waals surface area contributed by atoms with Crippen LogP contribution >= 0.6 is 0 Å². The number of piperidine rings is 1. The van der Waals surface area contributed by atoms with E-state index < -0.39 is 23.2 Å². The summed E-state index contributed by atoms with van der Waals surface area (Å²) in [5.74, 6) is -2.88. The minimum atomic E-state index is -1.22. The summed E-state index contributed by atoms with van der Waals surface area (Å²) in [6, 6.07) is 2.25. The first-order valence-electron chi connectivity index (χ1n) is 9.14. The summed E-state index contributed by atoms with van der Waals surface area (Å²) in [5, 5.41) is 4.91. The fourth-order valence-corrected chi connectivity index (χ4v) is 3.05. The fraction of sp³-hybridized carbons (Fsp3) is 0.526. The van der Waals surface area contributed by atoms with Crippen molar-refractivity contribution in [2.45, 2.75) is 39.2 Å². The van der Waals surface area contributed by atoms with Crippen LogP contribution in [0.4, 0.5) is 19.3 Å². The molecule has 9 heteroatoms. The van der Waals surface area contributed by atoms with E-state index >= 15 is 0 Å². The summed E-state index contributed by atoms with van der Waals surface area (Å²) >= 11 is 0. The number of benzene rings is 1. The van der Waals surface area contributed by atoms with Gasteiger partial charge in [-0.3, -0.25) is 9.59 Å². The maximum absolute atomic E-state index is 13.2. The van der Waals surface area contributed by atoms with Crippen LogP contribution in [0.3, 0.4) is 0 Å². The molecule has 0 aliphatic carbocycles. The van der Waals surface area contributed by atoms with Gasteiger partial charge in [0.25, 0.3) is 0 Å². The number of hydrogen-bond acceptors (Lipinski definition) is 4. The van der Waals surface area contributed by atoms with Gasteiger partial charge < -0.3 is 20.3 Å². The molecule has 0 unspecified atom stereocenters. The monoisotopic (exact) mass is 397 g/mol. The summed E-state index contributed by atoms with van der Waals surface area (Å²) < 4.78 is 31.2. The zero-order valence-electron chi connectivity index (χ0n) is 16.2. The largest absolute Gasteiger partial charge is 0.466 e. The van der Waals surface area contributed by atoms with Crippen molar-refractivity contribution < 1.29 is 27.9 Å². The van der Waals surface area contributed by atoms with Crippen LogP contribution in [-0.2, 0) is 14.3 Å². The highest BCUT2D eigenvalue weighted by Crippen LogP contribution is 2.21. The SMILES string of the molecule is CCOC(=O)C1CCN(C(=O)C(C)(C)NC(=O)Nc2ccc(F)c(F)c2)CC1. The molecular weight excluding hydrogens is 372 g/mol. The Morgan fingerprint density at radius 3 is 2.39 bits per heavy atom. The van der Waals surface area contributed by atoms with Crippen LogP contribution in [0.5, 0.6) is 0 Å². The maximum atomic E-state index is 13.2. The molecule has 0 spiro atoms. The Balaban J connectivity index is 1.90. The normalized spacial score (nSPS) is 15.1. The highest BCUT2D eigenvalue weighted by Gasteiger charge is 2.36. The minimum Gasteiger partial charge on any atom is -0.466 e. The summed E-state index contributed by atoms with van der Waals surface area (Å²) in [6.45, 7) is 5.95. The molecule has 28 heavy (non-hydrogen) atoms. The molecule has 0 atom stereocenters. The molecule has 0 radical (unpaired) electrons. The maximum Gasteiger partial charge on any atom is 0.320 e. The van der Waals surface area contributed by atoms with Gasteiger partial charge in [-0.2, -0.15) is 0 Å². The number of nitrogens with one attached hydrogen (secondary N) is 2. The van der Waals surface area contributed by atoms with Gasteiger partial charge in [0, 0.05) is 24.8 Å². The molecule has 1 aliphatic heterocycles. The average molecular weight is 397 g/mol. The predicted molar refractivity (Wildman–Crippen MR) is 98.5 cm³/mol. The first kappa shape index (κ1) is 21.6. The fourth-order valence-electron chi connectivity index (χ4n) is 3.05. The minimum absolute atomic E-state index is 0.0647. The highest BCUT2D eigenvalue weighted by atomic mass is 19.2. The van der Waals surface area contributed by atoms with Gasteiger partial charge in [-0.05, 0) is 45.7 Å². The number of carbonyl (C=O) groups excluding carboxylic acids is 3. The van der Waals surface area contributed by atoms with E-state index in [1.165, 1.54) is 6.07 Å². The number of esters is 1. The quantitative estimate of drug-likeness (QED) is 0.748. The van der Waals surface area contributed by atoms with E-state index in [4.69, 9.17) is 4.74 Å². The summed E-state index contributed by atoms with van der Waals surface area (Å²) in [6.07, 6.45) is 1.00. The van der Waals surface area contributed by atoms with Crippen LogP contribution in [0, 0.1) is 17.6 Å². The lowest BCUT2D eigenvalue weighted by molar-refractivity contribution is -0.152. The standard InChI is InChI=1S/C19H25F2N3O4/c1-4-28-16(25)12-7-9-24(10-8-12)17(26)19(2,3)23-18(27)22-13-5-6-14(20)15(21)11-13/h5-6,11-12H,4,7-10H2,1-3H3,(H2,22,23,27). The van der Waals surface area contributed by atoms with Gasteiger partial charge in [0.05, 0.1) is 12.5 Å². The molecule has 7 nitrogen and oxygen atoms in total. The molecule has 0 aromatic heterocycles. The molecule has 1 aromatic rings. The Bertz CT molecular complexity index is 747. The molecule has 1 aromatic carbocycles. The zero-order valence-corrected chi connectivity index (χ0v) is 16.2. The second-order valence-corrected chi connectivity index (χ2v) is 7.15. The Morgan fingerprint density at radius 1 is 1.18 bits per heavy atom. The lowest BCUT2D eigenvalue weighted by Crippen LogP contribution is -2.58. The number of amides is 3. The number of anilines is 1. The van der Waals surface area contributed by atoms with E-state index in [1.54, 1.807) is 25.7 Å². The molecule has 0 bridgehead atoms. The second kappa shape index (κ2) is 8.99. The molecule has 1 fully saturated rings. The number of urea groups is 1. The van der Waals surface area contributed by atoms with E-state index in [0.29, 0.717) is 32.5 Å². The zero-order chi connectivity index (χ0) is 20.9. The van der Waals surface area contributed by atoms with E-state index in [0.717, 1.165) is 12.1 Å². The van der Waals surface area contributed by atoms with Crippen molar-refractivity contribution in [3.63, 3.8) is 0 Å². The number of nitrogens with zero attached hydrogens (tertiary/aromatic N) is 1. The van der Waals surface area contributed by atoms with Gasteiger partial charge in [0.2, 0.25) is 5.91 Å². The van der Waals surface area contributed by atoms with Crippen molar-refractivity contribution in [2.75, 3.05) is 25.0 Å². The molecule has 2 N–H and O–H groups in total. The van der Waals surface area contributed by atoms with Crippen LogP contribution in [-0.4, -0.2) is 48.0 Å². The van der Waals surface area contributed by atoms with Crippen LogP contribution in [0.25, 0.3) is 0 Å². The first-order chi connectivity index (χ1) is 13.1. The molecule has 1 saturated heterocycles. The number of hydrogen-bond donors (Lipinski definition) is 2. The molecule has 1 heterocycles. The molecule has 2 rings (SSSR count). The highest BCUT2D eigenvalue weighted by molar-refractivity contribution is 5.95. The van der Waals surface area contributed by atoms with Crippen LogP contribution in [0.2, 0.25) is 0 Å². The predicted octanol–water partition coefficient (Wildman–Crippen LogP) is 2.67. The number of ether oxygens (including phenoxy) is 1. The Kier molecular flexibility index (Phi) is 6.93. The molecule has 1 aliphatic rings. The van der Waals surface area contributed by atoms with Crippen molar-refractivity contribution in [3.8, 4) is 0 Å². The van der Waals surface area contributed by atoms with E-state index in [9.17, 15) is 23.2 Å². The van der Waals surface area contributed by atoms with Crippen molar-refractivity contribution in [2.24, 2.45) is 5.92 Å². The Hall–Kier alpha value is -2.71. The first-order valence-corrected chi connectivity index (χ1v) is 9.14.